The number of nitrogens with one attached hydrogen (secondary N) is 2. The first-order valence-corrected chi connectivity index (χ1v) is 13.0. The van der Waals surface area contributed by atoms with Gasteiger partial charge >= 0.3 is 0 Å². The van der Waals surface area contributed by atoms with Crippen LogP contribution in [0.15, 0.2) is 58.1 Å². The highest BCUT2D eigenvalue weighted by Crippen LogP contribution is 2.44. The Morgan fingerprint density at radius 3 is 2.50 bits per heavy atom. The van der Waals surface area contributed by atoms with Crippen LogP contribution in [0.2, 0.25) is 0 Å². The number of nitrogens with zero attached hydrogens (tertiary/aromatic N) is 1. The fraction of sp³-hybridized carbons (Fsp3) is 0.414. The number of rotatable bonds is 8. The summed E-state index contributed by atoms with van der Waals surface area (Å²) >= 11 is 0. The molecule has 38 heavy (non-hydrogen) atoms. The third-order valence-electron chi connectivity index (χ3n) is 7.76. The summed E-state index contributed by atoms with van der Waals surface area (Å²) in [5, 5.41) is 27.2. The number of aliphatic hydroxyl groups is 1. The molecule has 200 valence electrons. The van der Waals surface area contributed by atoms with Gasteiger partial charge < -0.3 is 30.5 Å². The summed E-state index contributed by atoms with van der Waals surface area (Å²) in [5.74, 6) is -0.753. The molecule has 4 N–H and O–H groups in total. The van der Waals surface area contributed by atoms with Gasteiger partial charge in [-0.3, -0.25) is 14.4 Å². The molecule has 9 nitrogen and oxygen atoms in total. The van der Waals surface area contributed by atoms with Crippen molar-refractivity contribution >= 4 is 23.0 Å². The van der Waals surface area contributed by atoms with Crippen molar-refractivity contribution in [1.29, 1.82) is 0 Å². The van der Waals surface area contributed by atoms with Gasteiger partial charge in [0.2, 0.25) is 0 Å². The number of para-hydroxylation sites is 1. The van der Waals surface area contributed by atoms with Crippen molar-refractivity contribution in [3.05, 3.63) is 80.1 Å². The molecular formula is C29H33N3O6. The summed E-state index contributed by atoms with van der Waals surface area (Å²) in [5.41, 5.74) is -0.297. The number of carbonyl (C=O) groups excluding carboxylic acids is 1. The van der Waals surface area contributed by atoms with Crippen molar-refractivity contribution in [1.82, 2.24) is 4.90 Å². The molecule has 0 spiro atoms. The van der Waals surface area contributed by atoms with Gasteiger partial charge in [0.25, 0.3) is 16.8 Å². The van der Waals surface area contributed by atoms with Gasteiger partial charge in [0.05, 0.1) is 41.6 Å². The highest BCUT2D eigenvalue weighted by molar-refractivity contribution is 5.99. The smallest absolute Gasteiger partial charge is 0.258 e. The Bertz CT molecular complexity index is 1410. The zero-order valence-electron chi connectivity index (χ0n) is 21.7. The highest BCUT2D eigenvalue weighted by atomic mass is 16.5. The third-order valence-corrected chi connectivity index (χ3v) is 7.76. The van der Waals surface area contributed by atoms with Crippen LogP contribution in [0.4, 0.5) is 17.1 Å². The molecule has 9 heteroatoms. The largest absolute Gasteiger partial charge is 0.505 e. The number of likely N-dealkylation sites (tertiary alicyclic amines) is 1. The quantitative estimate of drug-likeness (QED) is 0.264. The maximum absolute atomic E-state index is 13.5. The molecular weight excluding hydrogens is 486 g/mol. The Labute approximate surface area is 220 Å². The molecule has 2 aliphatic rings. The molecule has 1 amide bonds. The number of phenols is 1. The molecule has 0 aliphatic carbocycles. The highest BCUT2D eigenvalue weighted by Gasteiger charge is 2.52. The van der Waals surface area contributed by atoms with Crippen LogP contribution < -0.4 is 21.5 Å². The first-order valence-electron chi connectivity index (χ1n) is 13.0. The second kappa shape index (κ2) is 9.89. The van der Waals surface area contributed by atoms with Crippen LogP contribution in [0.3, 0.4) is 0 Å². The van der Waals surface area contributed by atoms with Crippen molar-refractivity contribution < 1.29 is 19.7 Å². The standard InChI is InChI=1S/C29H33N3O6/c1-4-19(16-9-6-5-7-10-16)30-23-24(27(36)26(23)35)31-20-12-8-11-17(25(20)34)28(37)32-14-22-18(21(32)15-33)13-29(2,3)38-22/h5-12,18-19,21-22,30-31,33-34H,4,13-15H2,1-3H3/t18-,19-,21-,22?/m1/s1. The number of amides is 1. The Hall–Kier alpha value is -3.69. The monoisotopic (exact) mass is 519 g/mol. The number of anilines is 3. The van der Waals surface area contributed by atoms with Crippen molar-refractivity contribution in [3.8, 4) is 5.75 Å². The molecule has 2 aliphatic heterocycles. The van der Waals surface area contributed by atoms with E-state index in [0.29, 0.717) is 13.0 Å². The van der Waals surface area contributed by atoms with Gasteiger partial charge in [0.1, 0.15) is 11.4 Å². The summed E-state index contributed by atoms with van der Waals surface area (Å²) in [4.78, 5) is 39.9. The van der Waals surface area contributed by atoms with Gasteiger partial charge in [-0.25, -0.2) is 0 Å². The lowest BCUT2D eigenvalue weighted by molar-refractivity contribution is -0.0188. The molecule has 2 heterocycles. The third kappa shape index (κ3) is 4.46. The molecule has 0 saturated carbocycles. The van der Waals surface area contributed by atoms with Crippen LogP contribution in [0.5, 0.6) is 5.75 Å². The minimum atomic E-state index is -0.695. The zero-order chi connectivity index (χ0) is 27.2. The summed E-state index contributed by atoms with van der Waals surface area (Å²) in [6, 6.07) is 13.6. The maximum Gasteiger partial charge on any atom is 0.258 e. The second-order valence-electron chi connectivity index (χ2n) is 10.7. The molecule has 2 saturated heterocycles. The SMILES string of the molecule is CC[C@@H](Nc1c(Nc2cccc(C(=O)N3CC4OC(C)(C)C[C@@H]4[C@H]3CO)c2O)c(=O)c1=O)c1ccccc1. The minimum absolute atomic E-state index is 0.0101. The van der Waals surface area contributed by atoms with Gasteiger partial charge in [-0.1, -0.05) is 43.3 Å². The topological polar surface area (TPSA) is 128 Å². The van der Waals surface area contributed by atoms with E-state index in [1.165, 1.54) is 12.1 Å². The fourth-order valence-electron chi connectivity index (χ4n) is 5.86. The number of carbonyl (C=O) groups is 1. The number of hydrogen-bond donors (Lipinski definition) is 4. The molecule has 1 unspecified atom stereocenters. The van der Waals surface area contributed by atoms with Gasteiger partial charge in [-0.2, -0.15) is 0 Å². The fourth-order valence-corrected chi connectivity index (χ4v) is 5.86. The number of fused-ring (bicyclic) bond motifs is 1. The first kappa shape index (κ1) is 25.9. The number of aliphatic hydroxyl groups excluding tert-OH is 1. The number of benzene rings is 2. The van der Waals surface area contributed by atoms with E-state index < -0.39 is 22.8 Å². The number of hydrogen-bond acceptors (Lipinski definition) is 8. The number of phenolic OH excluding ortho intramolecular Hbond substituents is 1. The van der Waals surface area contributed by atoms with E-state index >= 15 is 0 Å². The van der Waals surface area contributed by atoms with Crippen molar-refractivity contribution in [2.75, 3.05) is 23.8 Å². The Morgan fingerprint density at radius 2 is 1.82 bits per heavy atom. The average Bonchev–Trinajstić information content (AvgIpc) is 3.40. The lowest BCUT2D eigenvalue weighted by atomic mass is 9.91. The molecule has 2 fully saturated rings. The van der Waals surface area contributed by atoms with E-state index in [1.807, 2.05) is 51.1 Å². The Morgan fingerprint density at radius 1 is 1.11 bits per heavy atom. The predicted molar refractivity (Wildman–Crippen MR) is 145 cm³/mol. The maximum atomic E-state index is 13.5. The lowest BCUT2D eigenvalue weighted by Crippen LogP contribution is -2.41. The van der Waals surface area contributed by atoms with Gasteiger partial charge in [-0.05, 0) is 44.4 Å². The summed E-state index contributed by atoms with van der Waals surface area (Å²) < 4.78 is 6.09. The Balaban J connectivity index is 1.38. The van der Waals surface area contributed by atoms with Gasteiger partial charge in [0, 0.05) is 12.5 Å². The normalized spacial score (nSPS) is 22.8. The van der Waals surface area contributed by atoms with Crippen molar-refractivity contribution in [2.24, 2.45) is 5.92 Å². The summed E-state index contributed by atoms with van der Waals surface area (Å²) in [6.07, 6.45) is 1.23. The molecule has 0 bridgehead atoms. The number of aromatic hydroxyl groups is 1. The zero-order valence-corrected chi connectivity index (χ0v) is 21.7. The van der Waals surface area contributed by atoms with Gasteiger partial charge in [-0.15, -0.1) is 0 Å². The van der Waals surface area contributed by atoms with E-state index in [4.69, 9.17) is 4.74 Å². The minimum Gasteiger partial charge on any atom is -0.505 e. The molecule has 3 aromatic rings. The molecule has 3 aromatic carbocycles. The summed E-state index contributed by atoms with van der Waals surface area (Å²) in [7, 11) is 0. The molecule has 5 rings (SSSR count). The van der Waals surface area contributed by atoms with E-state index in [-0.39, 0.29) is 58.6 Å². The molecule has 0 aromatic heterocycles. The van der Waals surface area contributed by atoms with Crippen molar-refractivity contribution in [2.45, 2.75) is 57.4 Å². The lowest BCUT2D eigenvalue weighted by Gasteiger charge is -2.29. The average molecular weight is 520 g/mol. The summed E-state index contributed by atoms with van der Waals surface area (Å²) in [6.45, 7) is 6.09. The van der Waals surface area contributed by atoms with Crippen LogP contribution >= 0.6 is 0 Å². The van der Waals surface area contributed by atoms with E-state index in [1.54, 1.807) is 11.0 Å². The second-order valence-corrected chi connectivity index (χ2v) is 10.7. The number of ether oxygens (including phenoxy) is 1. The van der Waals surface area contributed by atoms with E-state index in [0.717, 1.165) is 12.0 Å². The van der Waals surface area contributed by atoms with E-state index in [9.17, 15) is 24.6 Å². The van der Waals surface area contributed by atoms with E-state index in [2.05, 4.69) is 10.6 Å². The van der Waals surface area contributed by atoms with Crippen LogP contribution in [0.1, 0.15) is 55.6 Å². The van der Waals surface area contributed by atoms with Crippen LogP contribution in [-0.2, 0) is 4.74 Å². The molecule has 4 atom stereocenters. The predicted octanol–water partition coefficient (Wildman–Crippen LogP) is 3.30. The van der Waals surface area contributed by atoms with Crippen molar-refractivity contribution in [3.63, 3.8) is 0 Å². The van der Waals surface area contributed by atoms with Gasteiger partial charge in [0.15, 0.2) is 5.75 Å². The molecule has 0 radical (unpaired) electrons. The van der Waals surface area contributed by atoms with Crippen LogP contribution in [0, 0.1) is 5.92 Å². The Kier molecular flexibility index (Phi) is 6.75. The van der Waals surface area contributed by atoms with Crippen LogP contribution in [0.25, 0.3) is 0 Å². The van der Waals surface area contributed by atoms with Crippen LogP contribution in [-0.4, -0.2) is 51.9 Å². The first-order chi connectivity index (χ1) is 18.1.